The molecule has 22 heavy (non-hydrogen) atoms. The molecule has 3 aromatic rings. The molecule has 6 heteroatoms. The fraction of sp³-hybridized carbons (Fsp3) is 0.250. The van der Waals surface area contributed by atoms with Crippen LogP contribution in [0.3, 0.4) is 0 Å². The van der Waals surface area contributed by atoms with Crippen molar-refractivity contribution in [1.29, 1.82) is 0 Å². The lowest BCUT2D eigenvalue weighted by atomic mass is 10.1. The lowest BCUT2D eigenvalue weighted by Gasteiger charge is -2.25. The molecule has 0 aliphatic rings. The number of rotatable bonds is 4. The van der Waals surface area contributed by atoms with E-state index in [1.165, 1.54) is 11.3 Å². The Labute approximate surface area is 137 Å². The average Bonchev–Trinajstić information content (AvgIpc) is 2.96. The molecule has 0 saturated carbocycles. The molecule has 2 heterocycles. The Bertz CT molecular complexity index is 858. The minimum atomic E-state index is -0.0752. The third kappa shape index (κ3) is 2.92. The van der Waals surface area contributed by atoms with Crippen molar-refractivity contribution < 1.29 is 0 Å². The highest BCUT2D eigenvalue weighted by Gasteiger charge is 2.16. The van der Waals surface area contributed by atoms with E-state index in [2.05, 4.69) is 21.8 Å². The number of nitrogens with one attached hydrogen (secondary N) is 1. The maximum absolute atomic E-state index is 12.0. The largest absolute Gasteiger partial charge is 0.308 e. The molecule has 0 amide bonds. The number of thiophene rings is 1. The molecular formula is C16H16ClN3OS. The number of aromatic amines is 1. The smallest absolute Gasteiger partial charge is 0.268 e. The van der Waals surface area contributed by atoms with E-state index in [1.807, 2.05) is 42.8 Å². The molecule has 0 aliphatic carbocycles. The number of benzene rings is 1. The summed E-state index contributed by atoms with van der Waals surface area (Å²) in [7, 11) is 1.99. The second-order valence-corrected chi connectivity index (χ2v) is 6.58. The Morgan fingerprint density at radius 3 is 2.91 bits per heavy atom. The van der Waals surface area contributed by atoms with E-state index in [0.29, 0.717) is 17.1 Å². The molecule has 1 N–H and O–H groups in total. The van der Waals surface area contributed by atoms with Crippen LogP contribution in [0, 0.1) is 0 Å². The fourth-order valence-corrected chi connectivity index (χ4v) is 3.44. The van der Waals surface area contributed by atoms with E-state index in [-0.39, 0.29) is 11.6 Å². The van der Waals surface area contributed by atoms with Crippen LogP contribution < -0.4 is 5.56 Å². The molecular weight excluding hydrogens is 318 g/mol. The number of aromatic nitrogens is 2. The van der Waals surface area contributed by atoms with Crippen LogP contribution in [0.1, 0.15) is 24.4 Å². The van der Waals surface area contributed by atoms with Crippen LogP contribution in [0.4, 0.5) is 0 Å². The Morgan fingerprint density at radius 1 is 1.36 bits per heavy atom. The molecule has 1 atom stereocenters. The van der Waals surface area contributed by atoms with E-state index in [4.69, 9.17) is 11.6 Å². The molecule has 0 fully saturated rings. The topological polar surface area (TPSA) is 49.0 Å². The fourth-order valence-electron chi connectivity index (χ4n) is 2.42. The predicted molar refractivity (Wildman–Crippen MR) is 91.6 cm³/mol. The van der Waals surface area contributed by atoms with E-state index >= 15 is 0 Å². The Balaban J connectivity index is 1.85. The standard InChI is InChI=1S/C16H16ClN3OS/c1-10(11-5-3-4-6-12(11)17)20(2)9-14-18-13-7-8-22-15(13)16(21)19-14/h3-8,10H,9H2,1-2H3,(H,18,19,21). The molecule has 0 saturated heterocycles. The van der Waals surface area contributed by atoms with Crippen LogP contribution in [0.5, 0.6) is 0 Å². The number of nitrogens with zero attached hydrogens (tertiary/aromatic N) is 2. The van der Waals surface area contributed by atoms with Crippen LogP contribution >= 0.6 is 22.9 Å². The van der Waals surface area contributed by atoms with Crippen LogP contribution in [-0.2, 0) is 6.54 Å². The average molecular weight is 334 g/mol. The molecule has 1 aromatic carbocycles. The number of H-pyrrole nitrogens is 1. The number of hydrogen-bond donors (Lipinski definition) is 1. The van der Waals surface area contributed by atoms with Gasteiger partial charge < -0.3 is 4.98 Å². The van der Waals surface area contributed by atoms with Crippen molar-refractivity contribution in [2.75, 3.05) is 7.05 Å². The van der Waals surface area contributed by atoms with Gasteiger partial charge in [-0.2, -0.15) is 0 Å². The normalized spacial score (nSPS) is 12.9. The summed E-state index contributed by atoms with van der Waals surface area (Å²) in [5.41, 5.74) is 1.74. The lowest BCUT2D eigenvalue weighted by Crippen LogP contribution is -2.25. The zero-order valence-corrected chi connectivity index (χ0v) is 13.9. The van der Waals surface area contributed by atoms with Gasteiger partial charge in [0.2, 0.25) is 0 Å². The van der Waals surface area contributed by atoms with Gasteiger partial charge in [0.15, 0.2) is 0 Å². The van der Waals surface area contributed by atoms with Crippen LogP contribution in [0.25, 0.3) is 10.2 Å². The predicted octanol–water partition coefficient (Wildman–Crippen LogP) is 3.83. The van der Waals surface area contributed by atoms with Gasteiger partial charge in [0.1, 0.15) is 10.5 Å². The molecule has 0 spiro atoms. The lowest BCUT2D eigenvalue weighted by molar-refractivity contribution is 0.247. The van der Waals surface area contributed by atoms with Crippen molar-refractivity contribution >= 4 is 33.2 Å². The first-order chi connectivity index (χ1) is 10.6. The molecule has 3 rings (SSSR count). The summed E-state index contributed by atoms with van der Waals surface area (Å²) in [6, 6.07) is 9.79. The summed E-state index contributed by atoms with van der Waals surface area (Å²) in [6.07, 6.45) is 0. The van der Waals surface area contributed by atoms with Crippen molar-refractivity contribution in [3.8, 4) is 0 Å². The molecule has 114 valence electrons. The highest BCUT2D eigenvalue weighted by atomic mass is 35.5. The van der Waals surface area contributed by atoms with Gasteiger partial charge >= 0.3 is 0 Å². The third-order valence-corrected chi connectivity index (χ3v) is 5.03. The van der Waals surface area contributed by atoms with Gasteiger partial charge in [-0.05, 0) is 37.0 Å². The number of halogens is 1. The van der Waals surface area contributed by atoms with Crippen LogP contribution in [-0.4, -0.2) is 21.9 Å². The van der Waals surface area contributed by atoms with Crippen molar-refractivity contribution in [2.24, 2.45) is 0 Å². The summed E-state index contributed by atoms with van der Waals surface area (Å²) in [4.78, 5) is 21.5. The summed E-state index contributed by atoms with van der Waals surface area (Å²) >= 11 is 7.67. The highest BCUT2D eigenvalue weighted by molar-refractivity contribution is 7.17. The van der Waals surface area contributed by atoms with Gasteiger partial charge in [0, 0.05) is 11.1 Å². The summed E-state index contributed by atoms with van der Waals surface area (Å²) in [5, 5.41) is 2.63. The van der Waals surface area contributed by atoms with Crippen LogP contribution in [0.2, 0.25) is 5.02 Å². The van der Waals surface area contributed by atoms with E-state index < -0.39 is 0 Å². The van der Waals surface area contributed by atoms with Crippen molar-refractivity contribution in [2.45, 2.75) is 19.5 Å². The SMILES string of the molecule is CC(c1ccccc1Cl)N(C)Cc1nc2ccsc2c(=O)[nH]1. The molecule has 4 nitrogen and oxygen atoms in total. The van der Waals surface area contributed by atoms with Gasteiger partial charge in [-0.1, -0.05) is 29.8 Å². The zero-order valence-electron chi connectivity index (χ0n) is 12.3. The highest BCUT2D eigenvalue weighted by Crippen LogP contribution is 2.26. The van der Waals surface area contributed by atoms with Crippen molar-refractivity contribution in [1.82, 2.24) is 14.9 Å². The van der Waals surface area contributed by atoms with E-state index in [1.54, 1.807) is 0 Å². The molecule has 2 aromatic heterocycles. The van der Waals surface area contributed by atoms with Gasteiger partial charge in [0.25, 0.3) is 5.56 Å². The van der Waals surface area contributed by atoms with Gasteiger partial charge in [-0.15, -0.1) is 11.3 Å². The van der Waals surface area contributed by atoms with Crippen molar-refractivity contribution in [3.63, 3.8) is 0 Å². The van der Waals surface area contributed by atoms with Gasteiger partial charge in [-0.25, -0.2) is 4.98 Å². The Hall–Kier alpha value is -1.69. The quantitative estimate of drug-likeness (QED) is 0.789. The van der Waals surface area contributed by atoms with E-state index in [9.17, 15) is 4.79 Å². The second-order valence-electron chi connectivity index (χ2n) is 5.26. The second kappa shape index (κ2) is 6.20. The van der Waals surface area contributed by atoms with E-state index in [0.717, 1.165) is 16.1 Å². The number of fused-ring (bicyclic) bond motifs is 1. The van der Waals surface area contributed by atoms with Crippen molar-refractivity contribution in [3.05, 3.63) is 62.5 Å². The molecule has 1 unspecified atom stereocenters. The zero-order chi connectivity index (χ0) is 15.7. The minimum absolute atomic E-state index is 0.0752. The summed E-state index contributed by atoms with van der Waals surface area (Å²) in [6.45, 7) is 2.63. The first-order valence-electron chi connectivity index (χ1n) is 6.97. The summed E-state index contributed by atoms with van der Waals surface area (Å²) < 4.78 is 0.672. The Morgan fingerprint density at radius 2 is 2.14 bits per heavy atom. The molecule has 0 bridgehead atoms. The number of hydrogen-bond acceptors (Lipinski definition) is 4. The monoisotopic (exact) mass is 333 g/mol. The summed E-state index contributed by atoms with van der Waals surface area (Å²) in [5.74, 6) is 0.664. The maximum atomic E-state index is 12.0. The minimum Gasteiger partial charge on any atom is -0.308 e. The first-order valence-corrected chi connectivity index (χ1v) is 8.23. The first kappa shape index (κ1) is 15.2. The Kier molecular flexibility index (Phi) is 4.29. The third-order valence-electron chi connectivity index (χ3n) is 3.78. The molecule has 0 radical (unpaired) electrons. The van der Waals surface area contributed by atoms with Gasteiger partial charge in [-0.3, -0.25) is 9.69 Å². The van der Waals surface area contributed by atoms with Crippen LogP contribution in [0.15, 0.2) is 40.5 Å². The molecule has 0 aliphatic heterocycles. The maximum Gasteiger partial charge on any atom is 0.268 e. The van der Waals surface area contributed by atoms with Gasteiger partial charge in [0.05, 0.1) is 12.1 Å².